The highest BCUT2D eigenvalue weighted by molar-refractivity contribution is 7.99. The molecule has 19 heavy (non-hydrogen) atoms. The van der Waals surface area contributed by atoms with Gasteiger partial charge in [-0.1, -0.05) is 6.92 Å². The first-order valence-electron chi connectivity index (χ1n) is 6.59. The zero-order valence-corrected chi connectivity index (χ0v) is 12.1. The van der Waals surface area contributed by atoms with Crippen molar-refractivity contribution in [3.05, 3.63) is 27.9 Å². The first-order chi connectivity index (χ1) is 9.10. The van der Waals surface area contributed by atoms with Crippen molar-refractivity contribution in [1.29, 1.82) is 0 Å². The Morgan fingerprint density at radius 2 is 2.37 bits per heavy atom. The number of anilines is 1. The Bertz CT molecular complexity index is 467. The Morgan fingerprint density at radius 3 is 3.05 bits per heavy atom. The summed E-state index contributed by atoms with van der Waals surface area (Å²) in [6.45, 7) is 3.88. The molecule has 1 N–H and O–H groups in total. The molecule has 1 aliphatic carbocycles. The summed E-state index contributed by atoms with van der Waals surface area (Å²) >= 11 is 2.00. The van der Waals surface area contributed by atoms with Crippen LogP contribution in [-0.2, 0) is 0 Å². The standard InChI is InChI=1S/C13H19N3O2S/c1-3-19-11-5-4-10(6-11)15-13-7-12(16(17)18)9(2)8-14-13/h7-8,10-11H,3-6H2,1-2H3,(H,14,15). The summed E-state index contributed by atoms with van der Waals surface area (Å²) in [5, 5.41) is 14.9. The molecule has 104 valence electrons. The van der Waals surface area contributed by atoms with Gasteiger partial charge in [0, 0.05) is 23.1 Å². The molecule has 0 radical (unpaired) electrons. The van der Waals surface area contributed by atoms with E-state index in [2.05, 4.69) is 17.2 Å². The molecule has 1 heterocycles. The van der Waals surface area contributed by atoms with Gasteiger partial charge < -0.3 is 5.32 Å². The van der Waals surface area contributed by atoms with E-state index in [0.29, 0.717) is 22.7 Å². The lowest BCUT2D eigenvalue weighted by atomic mass is 10.2. The average molecular weight is 281 g/mol. The third kappa shape index (κ3) is 3.59. The minimum Gasteiger partial charge on any atom is -0.367 e. The Morgan fingerprint density at radius 1 is 1.58 bits per heavy atom. The van der Waals surface area contributed by atoms with Crippen molar-refractivity contribution < 1.29 is 4.92 Å². The molecule has 0 amide bonds. The highest BCUT2D eigenvalue weighted by Gasteiger charge is 2.25. The second kappa shape index (κ2) is 6.23. The number of aromatic nitrogens is 1. The summed E-state index contributed by atoms with van der Waals surface area (Å²) < 4.78 is 0. The predicted molar refractivity (Wildman–Crippen MR) is 78.8 cm³/mol. The Balaban J connectivity index is 2.00. The van der Waals surface area contributed by atoms with Crippen LogP contribution in [0.4, 0.5) is 11.5 Å². The molecule has 1 aromatic heterocycles. The first kappa shape index (κ1) is 14.1. The minimum atomic E-state index is -0.355. The van der Waals surface area contributed by atoms with Crippen molar-refractivity contribution in [2.75, 3.05) is 11.1 Å². The fourth-order valence-corrected chi connectivity index (χ4v) is 3.60. The zero-order valence-electron chi connectivity index (χ0n) is 11.3. The van der Waals surface area contributed by atoms with E-state index in [-0.39, 0.29) is 10.6 Å². The van der Waals surface area contributed by atoms with Gasteiger partial charge in [-0.15, -0.1) is 0 Å². The maximum absolute atomic E-state index is 10.9. The molecule has 0 saturated heterocycles. The van der Waals surface area contributed by atoms with Crippen LogP contribution in [0.3, 0.4) is 0 Å². The maximum atomic E-state index is 10.9. The summed E-state index contributed by atoms with van der Waals surface area (Å²) in [6, 6.07) is 1.93. The number of nitro groups is 1. The number of thioether (sulfide) groups is 1. The lowest BCUT2D eigenvalue weighted by molar-refractivity contribution is -0.385. The lowest BCUT2D eigenvalue weighted by Crippen LogP contribution is -2.17. The number of nitrogens with zero attached hydrogens (tertiary/aromatic N) is 2. The van der Waals surface area contributed by atoms with E-state index >= 15 is 0 Å². The third-order valence-electron chi connectivity index (χ3n) is 3.41. The summed E-state index contributed by atoms with van der Waals surface area (Å²) in [5.74, 6) is 1.76. The van der Waals surface area contributed by atoms with Gasteiger partial charge in [0.1, 0.15) is 5.82 Å². The molecule has 0 aromatic carbocycles. The molecule has 1 aromatic rings. The summed E-state index contributed by atoms with van der Waals surface area (Å²) in [6.07, 6.45) is 5.00. The van der Waals surface area contributed by atoms with Gasteiger partial charge >= 0.3 is 0 Å². The number of pyridine rings is 1. The van der Waals surface area contributed by atoms with Crippen molar-refractivity contribution in [2.24, 2.45) is 0 Å². The Hall–Kier alpha value is -1.30. The third-order valence-corrected chi connectivity index (χ3v) is 4.64. The van der Waals surface area contributed by atoms with Gasteiger partial charge in [-0.3, -0.25) is 10.1 Å². The summed E-state index contributed by atoms with van der Waals surface area (Å²) in [7, 11) is 0. The molecule has 6 heteroatoms. The van der Waals surface area contributed by atoms with E-state index in [1.54, 1.807) is 13.1 Å². The van der Waals surface area contributed by atoms with Crippen LogP contribution < -0.4 is 5.32 Å². The number of rotatable bonds is 5. The van der Waals surface area contributed by atoms with Crippen LogP contribution in [0.5, 0.6) is 0 Å². The van der Waals surface area contributed by atoms with Crippen molar-refractivity contribution in [2.45, 2.75) is 44.4 Å². The quantitative estimate of drug-likeness (QED) is 0.662. The Labute approximate surface area is 117 Å². The number of aryl methyl sites for hydroxylation is 1. The van der Waals surface area contributed by atoms with Crippen LogP contribution in [0, 0.1) is 17.0 Å². The lowest BCUT2D eigenvalue weighted by Gasteiger charge is -2.13. The van der Waals surface area contributed by atoms with Crippen molar-refractivity contribution in [1.82, 2.24) is 4.98 Å². The van der Waals surface area contributed by atoms with E-state index < -0.39 is 0 Å². The van der Waals surface area contributed by atoms with Crippen LogP contribution in [0.2, 0.25) is 0 Å². The molecule has 1 aliphatic rings. The van der Waals surface area contributed by atoms with E-state index in [1.807, 2.05) is 11.8 Å². The number of hydrogen-bond donors (Lipinski definition) is 1. The molecular weight excluding hydrogens is 262 g/mol. The number of hydrogen-bond acceptors (Lipinski definition) is 5. The molecule has 0 spiro atoms. The molecule has 5 nitrogen and oxygen atoms in total. The van der Waals surface area contributed by atoms with Crippen LogP contribution in [0.15, 0.2) is 12.3 Å². The fraction of sp³-hybridized carbons (Fsp3) is 0.615. The van der Waals surface area contributed by atoms with Crippen molar-refractivity contribution in [3.63, 3.8) is 0 Å². The second-order valence-electron chi connectivity index (χ2n) is 4.84. The largest absolute Gasteiger partial charge is 0.367 e. The zero-order chi connectivity index (χ0) is 13.8. The van der Waals surface area contributed by atoms with E-state index in [1.165, 1.54) is 12.5 Å². The normalized spacial score (nSPS) is 22.4. The SMILES string of the molecule is CCSC1CCC(Nc2cc([N+](=O)[O-])c(C)cn2)C1. The van der Waals surface area contributed by atoms with Gasteiger partial charge in [0.15, 0.2) is 0 Å². The van der Waals surface area contributed by atoms with E-state index in [9.17, 15) is 10.1 Å². The maximum Gasteiger partial charge on any atom is 0.277 e. The monoisotopic (exact) mass is 281 g/mol. The van der Waals surface area contributed by atoms with Gasteiger partial charge in [-0.05, 0) is 31.9 Å². The molecule has 0 bridgehead atoms. The smallest absolute Gasteiger partial charge is 0.277 e. The van der Waals surface area contributed by atoms with Crippen LogP contribution in [0.1, 0.15) is 31.7 Å². The highest BCUT2D eigenvalue weighted by atomic mass is 32.2. The van der Waals surface area contributed by atoms with Crippen LogP contribution in [-0.4, -0.2) is 27.0 Å². The van der Waals surface area contributed by atoms with Crippen molar-refractivity contribution in [3.8, 4) is 0 Å². The van der Waals surface area contributed by atoms with Crippen molar-refractivity contribution >= 4 is 23.3 Å². The topological polar surface area (TPSA) is 68.1 Å². The molecular formula is C13H19N3O2S. The summed E-state index contributed by atoms with van der Waals surface area (Å²) in [4.78, 5) is 14.8. The molecule has 1 saturated carbocycles. The second-order valence-corrected chi connectivity index (χ2v) is 6.42. The van der Waals surface area contributed by atoms with Gasteiger partial charge in [0.2, 0.25) is 0 Å². The predicted octanol–water partition coefficient (Wildman–Crippen LogP) is 3.38. The molecule has 2 unspecified atom stereocenters. The van der Waals surface area contributed by atoms with Crippen LogP contribution >= 0.6 is 11.8 Å². The first-order valence-corrected chi connectivity index (χ1v) is 7.64. The van der Waals surface area contributed by atoms with Gasteiger partial charge in [0.05, 0.1) is 11.0 Å². The van der Waals surface area contributed by atoms with Gasteiger partial charge in [-0.25, -0.2) is 4.98 Å². The van der Waals surface area contributed by atoms with Crippen LogP contribution in [0.25, 0.3) is 0 Å². The van der Waals surface area contributed by atoms with Gasteiger partial charge in [0.25, 0.3) is 5.69 Å². The Kier molecular flexibility index (Phi) is 4.63. The van der Waals surface area contributed by atoms with Gasteiger partial charge in [-0.2, -0.15) is 11.8 Å². The molecule has 1 fully saturated rings. The molecule has 2 rings (SSSR count). The molecule has 0 aliphatic heterocycles. The highest BCUT2D eigenvalue weighted by Crippen LogP contribution is 2.31. The fourth-order valence-electron chi connectivity index (χ4n) is 2.46. The average Bonchev–Trinajstić information content (AvgIpc) is 2.79. The summed E-state index contributed by atoms with van der Waals surface area (Å²) in [5.41, 5.74) is 0.733. The van der Waals surface area contributed by atoms with E-state index in [4.69, 9.17) is 0 Å². The molecule has 2 atom stereocenters. The number of nitrogens with one attached hydrogen (secondary N) is 1. The minimum absolute atomic E-state index is 0.134. The van der Waals surface area contributed by atoms with E-state index in [0.717, 1.165) is 18.6 Å².